The molecule has 2 rings (SSSR count). The van der Waals surface area contributed by atoms with Crippen molar-refractivity contribution in [2.45, 2.75) is 26.9 Å². The van der Waals surface area contributed by atoms with Crippen molar-refractivity contribution in [3.8, 4) is 5.75 Å². The summed E-state index contributed by atoms with van der Waals surface area (Å²) in [7, 11) is 1.61. The number of pyridine rings is 1. The number of rotatable bonds is 5. The van der Waals surface area contributed by atoms with Gasteiger partial charge in [0.05, 0.1) is 30.0 Å². The molecule has 0 fully saturated rings. The molecule has 1 aromatic heterocycles. The summed E-state index contributed by atoms with van der Waals surface area (Å²) in [5.41, 5.74) is 2.04. The minimum Gasteiger partial charge on any atom is -0.497 e. The zero-order valence-corrected chi connectivity index (χ0v) is 13.5. The van der Waals surface area contributed by atoms with Crippen molar-refractivity contribution in [1.29, 1.82) is 0 Å². The first-order valence-electron chi connectivity index (χ1n) is 7.39. The Morgan fingerprint density at radius 2 is 2.14 bits per heavy atom. The minimum atomic E-state index is -0.554. The molecule has 0 radical (unpaired) electrons. The number of aliphatic hydroxyl groups excluding tert-OH is 1. The Morgan fingerprint density at radius 3 is 2.73 bits per heavy atom. The molecule has 0 saturated carbocycles. The predicted molar refractivity (Wildman–Crippen MR) is 86.3 cm³/mol. The normalized spacial score (nSPS) is 12.2. The van der Waals surface area contributed by atoms with E-state index < -0.39 is 6.10 Å². The molecule has 1 amide bonds. The first-order chi connectivity index (χ1) is 10.5. The van der Waals surface area contributed by atoms with Gasteiger partial charge in [0.15, 0.2) is 0 Å². The molecule has 0 aliphatic rings. The third kappa shape index (κ3) is 3.36. The fourth-order valence-electron chi connectivity index (χ4n) is 2.43. The van der Waals surface area contributed by atoms with Crippen LogP contribution < -0.4 is 4.74 Å². The topological polar surface area (TPSA) is 62.7 Å². The molecule has 0 unspecified atom stereocenters. The average Bonchev–Trinajstić information content (AvgIpc) is 2.50. The second-order valence-corrected chi connectivity index (χ2v) is 5.37. The van der Waals surface area contributed by atoms with Gasteiger partial charge in [-0.25, -0.2) is 0 Å². The number of fused-ring (bicyclic) bond motifs is 1. The number of aryl methyl sites for hydroxylation is 1. The average molecular weight is 302 g/mol. The Hall–Kier alpha value is -2.14. The van der Waals surface area contributed by atoms with Gasteiger partial charge in [-0.2, -0.15) is 0 Å². The Bertz CT molecular complexity index is 683. The van der Waals surface area contributed by atoms with Crippen molar-refractivity contribution in [3.05, 3.63) is 35.5 Å². The maximum Gasteiger partial charge on any atom is 0.255 e. The first-order valence-corrected chi connectivity index (χ1v) is 7.39. The number of aliphatic hydroxyl groups is 1. The van der Waals surface area contributed by atoms with E-state index in [1.807, 2.05) is 38.1 Å². The van der Waals surface area contributed by atoms with Gasteiger partial charge in [0.2, 0.25) is 0 Å². The van der Waals surface area contributed by atoms with E-state index in [0.29, 0.717) is 24.3 Å². The Labute approximate surface area is 130 Å². The minimum absolute atomic E-state index is 0.105. The van der Waals surface area contributed by atoms with Crippen molar-refractivity contribution in [1.82, 2.24) is 9.88 Å². The molecule has 1 heterocycles. The van der Waals surface area contributed by atoms with Crippen LogP contribution in [-0.4, -0.2) is 47.2 Å². The monoisotopic (exact) mass is 302 g/mol. The third-order valence-electron chi connectivity index (χ3n) is 3.60. The SMILES string of the molecule is CCN(C[C@H](C)O)C(=O)c1cc2ccc(OC)cc2nc1C. The smallest absolute Gasteiger partial charge is 0.255 e. The summed E-state index contributed by atoms with van der Waals surface area (Å²) >= 11 is 0. The third-order valence-corrected chi connectivity index (χ3v) is 3.60. The lowest BCUT2D eigenvalue weighted by Gasteiger charge is -2.23. The second kappa shape index (κ2) is 6.75. The van der Waals surface area contributed by atoms with E-state index in [1.165, 1.54) is 0 Å². The highest BCUT2D eigenvalue weighted by Gasteiger charge is 2.19. The van der Waals surface area contributed by atoms with Gasteiger partial charge in [-0.15, -0.1) is 0 Å². The van der Waals surface area contributed by atoms with Crippen LogP contribution in [0.5, 0.6) is 5.75 Å². The number of carbonyl (C=O) groups is 1. The summed E-state index contributed by atoms with van der Waals surface area (Å²) in [6, 6.07) is 7.44. The van der Waals surface area contributed by atoms with E-state index in [-0.39, 0.29) is 5.91 Å². The molecular formula is C17H22N2O3. The molecular weight excluding hydrogens is 280 g/mol. The highest BCUT2D eigenvalue weighted by molar-refractivity contribution is 5.98. The van der Waals surface area contributed by atoms with Crippen LogP contribution in [0, 0.1) is 6.92 Å². The Morgan fingerprint density at radius 1 is 1.41 bits per heavy atom. The van der Waals surface area contributed by atoms with Crippen LogP contribution in [0.15, 0.2) is 24.3 Å². The molecule has 0 aliphatic carbocycles. The number of amides is 1. The van der Waals surface area contributed by atoms with Crippen LogP contribution in [0.4, 0.5) is 0 Å². The van der Waals surface area contributed by atoms with Crippen LogP contribution in [0.2, 0.25) is 0 Å². The summed E-state index contributed by atoms with van der Waals surface area (Å²) in [5, 5.41) is 10.4. The van der Waals surface area contributed by atoms with Gasteiger partial charge in [0.25, 0.3) is 5.91 Å². The fourth-order valence-corrected chi connectivity index (χ4v) is 2.43. The summed E-state index contributed by atoms with van der Waals surface area (Å²) in [5.74, 6) is 0.633. The van der Waals surface area contributed by atoms with Gasteiger partial charge in [-0.3, -0.25) is 9.78 Å². The van der Waals surface area contributed by atoms with Gasteiger partial charge in [-0.05, 0) is 39.0 Å². The van der Waals surface area contributed by atoms with Crippen LogP contribution >= 0.6 is 0 Å². The number of carbonyl (C=O) groups excluding carboxylic acids is 1. The number of ether oxygens (including phenoxy) is 1. The zero-order chi connectivity index (χ0) is 16.3. The molecule has 1 N–H and O–H groups in total. The van der Waals surface area contributed by atoms with Crippen LogP contribution in [0.25, 0.3) is 10.9 Å². The van der Waals surface area contributed by atoms with E-state index in [1.54, 1.807) is 18.9 Å². The molecule has 2 aromatic rings. The van der Waals surface area contributed by atoms with Crippen molar-refractivity contribution in [2.24, 2.45) is 0 Å². The van der Waals surface area contributed by atoms with Crippen LogP contribution in [-0.2, 0) is 0 Å². The molecule has 5 nitrogen and oxygen atoms in total. The van der Waals surface area contributed by atoms with Gasteiger partial charge in [0.1, 0.15) is 5.75 Å². The molecule has 5 heteroatoms. The maximum absolute atomic E-state index is 12.6. The van der Waals surface area contributed by atoms with Crippen molar-refractivity contribution >= 4 is 16.8 Å². The Balaban J connectivity index is 2.42. The molecule has 1 aromatic carbocycles. The molecule has 22 heavy (non-hydrogen) atoms. The number of hydrogen-bond acceptors (Lipinski definition) is 4. The van der Waals surface area contributed by atoms with E-state index in [2.05, 4.69) is 4.98 Å². The molecule has 0 aliphatic heterocycles. The number of likely N-dealkylation sites (N-methyl/N-ethyl adjacent to an activating group) is 1. The standard InChI is InChI=1S/C17H22N2O3/c1-5-19(10-11(2)20)17(21)15-8-13-6-7-14(22-4)9-16(13)18-12(15)3/h6-9,11,20H,5,10H2,1-4H3/t11-/m0/s1. The second-order valence-electron chi connectivity index (χ2n) is 5.37. The van der Waals surface area contributed by atoms with Crippen LogP contribution in [0.1, 0.15) is 29.9 Å². The number of nitrogens with zero attached hydrogens (tertiary/aromatic N) is 2. The largest absolute Gasteiger partial charge is 0.497 e. The first kappa shape index (κ1) is 16.2. The van der Waals surface area contributed by atoms with Crippen LogP contribution in [0.3, 0.4) is 0 Å². The molecule has 1 atom stereocenters. The maximum atomic E-state index is 12.6. The van der Waals surface area contributed by atoms with Gasteiger partial charge in [0, 0.05) is 24.5 Å². The summed E-state index contributed by atoms with van der Waals surface area (Å²) < 4.78 is 5.20. The lowest BCUT2D eigenvalue weighted by molar-refractivity contribution is 0.0659. The summed E-state index contributed by atoms with van der Waals surface area (Å²) in [6.45, 7) is 6.25. The highest BCUT2D eigenvalue weighted by atomic mass is 16.5. The Kier molecular flexibility index (Phi) is 4.98. The number of benzene rings is 1. The predicted octanol–water partition coefficient (Wildman–Crippen LogP) is 2.39. The lowest BCUT2D eigenvalue weighted by atomic mass is 10.1. The van der Waals surface area contributed by atoms with Gasteiger partial charge >= 0.3 is 0 Å². The zero-order valence-electron chi connectivity index (χ0n) is 13.5. The molecule has 0 spiro atoms. The van der Waals surface area contributed by atoms with E-state index in [4.69, 9.17) is 4.74 Å². The molecule has 0 bridgehead atoms. The van der Waals surface area contributed by atoms with Crippen molar-refractivity contribution in [3.63, 3.8) is 0 Å². The number of hydrogen-bond donors (Lipinski definition) is 1. The van der Waals surface area contributed by atoms with Gasteiger partial charge in [-0.1, -0.05) is 0 Å². The lowest BCUT2D eigenvalue weighted by Crippen LogP contribution is -2.36. The fraction of sp³-hybridized carbons (Fsp3) is 0.412. The number of aromatic nitrogens is 1. The van der Waals surface area contributed by atoms with Gasteiger partial charge < -0.3 is 14.7 Å². The summed E-state index contributed by atoms with van der Waals surface area (Å²) in [6.07, 6.45) is -0.554. The van der Waals surface area contributed by atoms with E-state index >= 15 is 0 Å². The molecule has 118 valence electrons. The highest BCUT2D eigenvalue weighted by Crippen LogP contribution is 2.22. The quantitative estimate of drug-likeness (QED) is 0.921. The van der Waals surface area contributed by atoms with E-state index in [9.17, 15) is 9.90 Å². The van der Waals surface area contributed by atoms with Crippen molar-refractivity contribution < 1.29 is 14.6 Å². The van der Waals surface area contributed by atoms with Crippen molar-refractivity contribution in [2.75, 3.05) is 20.2 Å². The van der Waals surface area contributed by atoms with E-state index in [0.717, 1.165) is 16.7 Å². The number of methoxy groups -OCH3 is 1. The molecule has 0 saturated heterocycles. The summed E-state index contributed by atoms with van der Waals surface area (Å²) in [4.78, 5) is 18.8.